The van der Waals surface area contributed by atoms with E-state index < -0.39 is 5.97 Å². The fraction of sp³-hybridized carbons (Fsp3) is 0.412. The molecule has 2 rings (SSSR count). The van der Waals surface area contributed by atoms with Gasteiger partial charge >= 0.3 is 11.9 Å². The summed E-state index contributed by atoms with van der Waals surface area (Å²) >= 11 is 0. The highest BCUT2D eigenvalue weighted by molar-refractivity contribution is 5.89. The molecule has 5 nitrogen and oxygen atoms in total. The van der Waals surface area contributed by atoms with Gasteiger partial charge in [0.25, 0.3) is 0 Å². The average molecular weight is 304 g/mol. The Hall–Kier alpha value is -2.30. The summed E-state index contributed by atoms with van der Waals surface area (Å²) in [6.45, 7) is 4.07. The van der Waals surface area contributed by atoms with Crippen LogP contribution < -0.4 is 4.74 Å². The lowest BCUT2D eigenvalue weighted by atomic mass is 10.0. The van der Waals surface area contributed by atoms with E-state index in [2.05, 4.69) is 0 Å². The van der Waals surface area contributed by atoms with Crippen molar-refractivity contribution >= 4 is 17.5 Å². The highest BCUT2D eigenvalue weighted by atomic mass is 16.6. The van der Waals surface area contributed by atoms with Gasteiger partial charge < -0.3 is 14.2 Å². The first-order valence-corrected chi connectivity index (χ1v) is 7.41. The Kier molecular flexibility index (Phi) is 5.58. The highest BCUT2D eigenvalue weighted by Gasteiger charge is 2.21. The van der Waals surface area contributed by atoms with Gasteiger partial charge in [0.15, 0.2) is 6.61 Å². The third-order valence-electron chi connectivity index (χ3n) is 3.29. The molecule has 0 spiro atoms. The molecule has 0 unspecified atom stereocenters. The van der Waals surface area contributed by atoms with Crippen molar-refractivity contribution < 1.29 is 23.8 Å². The number of ether oxygens (including phenoxy) is 3. The molecule has 0 saturated heterocycles. The van der Waals surface area contributed by atoms with Crippen molar-refractivity contribution in [2.45, 2.75) is 26.7 Å². The fourth-order valence-corrected chi connectivity index (χ4v) is 2.43. The number of rotatable bonds is 7. The molecule has 0 bridgehead atoms. The molecule has 1 aromatic rings. The number of allylic oxidation sites excluding steroid dienone is 1. The second-order valence-corrected chi connectivity index (χ2v) is 4.80. The number of hydrogen-bond donors (Lipinski definition) is 0. The summed E-state index contributed by atoms with van der Waals surface area (Å²) in [6, 6.07) is 5.66. The molecule has 0 amide bonds. The molecule has 1 aliphatic carbocycles. The molecule has 22 heavy (non-hydrogen) atoms. The lowest BCUT2D eigenvalue weighted by Crippen LogP contribution is -2.15. The van der Waals surface area contributed by atoms with Gasteiger partial charge in [-0.25, -0.2) is 4.79 Å². The number of hydrogen-bond acceptors (Lipinski definition) is 5. The van der Waals surface area contributed by atoms with Gasteiger partial charge in [-0.15, -0.1) is 0 Å². The van der Waals surface area contributed by atoms with Gasteiger partial charge in [0.1, 0.15) is 5.75 Å². The van der Waals surface area contributed by atoms with E-state index in [0.29, 0.717) is 19.0 Å². The minimum absolute atomic E-state index is 0.142. The minimum atomic E-state index is -0.408. The molecule has 5 heteroatoms. The average Bonchev–Trinajstić information content (AvgIpc) is 2.89. The van der Waals surface area contributed by atoms with Gasteiger partial charge in [-0.1, -0.05) is 18.2 Å². The maximum Gasteiger partial charge on any atom is 0.344 e. The molecular weight excluding hydrogens is 284 g/mol. The maximum atomic E-state index is 11.7. The Morgan fingerprint density at radius 1 is 1.09 bits per heavy atom. The van der Waals surface area contributed by atoms with Gasteiger partial charge in [-0.2, -0.15) is 0 Å². The number of fused-ring (bicyclic) bond motifs is 1. The van der Waals surface area contributed by atoms with Crippen molar-refractivity contribution in [3.8, 4) is 5.75 Å². The third-order valence-corrected chi connectivity index (χ3v) is 3.29. The van der Waals surface area contributed by atoms with Crippen LogP contribution in [0, 0.1) is 0 Å². The van der Waals surface area contributed by atoms with Crippen LogP contribution in [0.3, 0.4) is 0 Å². The van der Waals surface area contributed by atoms with Crippen LogP contribution in [0.15, 0.2) is 24.3 Å². The van der Waals surface area contributed by atoms with E-state index in [4.69, 9.17) is 14.2 Å². The Balaban J connectivity index is 2.11. The monoisotopic (exact) mass is 304 g/mol. The molecule has 0 fully saturated rings. The van der Waals surface area contributed by atoms with Crippen LogP contribution in [0.1, 0.15) is 31.4 Å². The van der Waals surface area contributed by atoms with E-state index in [0.717, 1.165) is 23.1 Å². The van der Waals surface area contributed by atoms with Gasteiger partial charge in [0, 0.05) is 5.56 Å². The topological polar surface area (TPSA) is 61.8 Å². The first-order valence-electron chi connectivity index (χ1n) is 7.41. The van der Waals surface area contributed by atoms with Crippen molar-refractivity contribution in [1.82, 2.24) is 0 Å². The molecule has 1 aromatic carbocycles. The van der Waals surface area contributed by atoms with Crippen molar-refractivity contribution in [1.29, 1.82) is 0 Å². The highest BCUT2D eigenvalue weighted by Crippen LogP contribution is 2.37. The van der Waals surface area contributed by atoms with E-state index in [1.165, 1.54) is 0 Å². The van der Waals surface area contributed by atoms with E-state index in [-0.39, 0.29) is 19.0 Å². The van der Waals surface area contributed by atoms with Crippen LogP contribution in [-0.2, 0) is 25.5 Å². The zero-order chi connectivity index (χ0) is 15.9. The molecule has 1 aliphatic rings. The van der Waals surface area contributed by atoms with Crippen molar-refractivity contribution in [3.05, 3.63) is 35.4 Å². The van der Waals surface area contributed by atoms with E-state index in [1.807, 2.05) is 18.2 Å². The molecule has 0 saturated carbocycles. The van der Waals surface area contributed by atoms with Crippen molar-refractivity contribution in [3.63, 3.8) is 0 Å². The second-order valence-electron chi connectivity index (χ2n) is 4.80. The summed E-state index contributed by atoms with van der Waals surface area (Å²) in [5.74, 6) is -0.0746. The number of esters is 2. The van der Waals surface area contributed by atoms with Gasteiger partial charge in [0.2, 0.25) is 0 Å². The van der Waals surface area contributed by atoms with Crippen LogP contribution in [0.4, 0.5) is 0 Å². The van der Waals surface area contributed by atoms with Crippen LogP contribution >= 0.6 is 0 Å². The van der Waals surface area contributed by atoms with Gasteiger partial charge in [-0.3, -0.25) is 4.79 Å². The molecule has 118 valence electrons. The fourth-order valence-electron chi connectivity index (χ4n) is 2.43. The second kappa shape index (κ2) is 7.64. The smallest absolute Gasteiger partial charge is 0.344 e. The maximum absolute atomic E-state index is 11.7. The quantitative estimate of drug-likeness (QED) is 0.724. The Labute approximate surface area is 129 Å². The normalized spacial score (nSPS) is 12.4. The summed E-state index contributed by atoms with van der Waals surface area (Å²) < 4.78 is 15.4. The Morgan fingerprint density at radius 2 is 1.82 bits per heavy atom. The Morgan fingerprint density at radius 3 is 2.55 bits per heavy atom. The van der Waals surface area contributed by atoms with Gasteiger partial charge in [0.05, 0.1) is 19.6 Å². The number of carbonyl (C=O) groups excluding carboxylic acids is 2. The summed E-state index contributed by atoms with van der Waals surface area (Å²) in [4.78, 5) is 23.1. The summed E-state index contributed by atoms with van der Waals surface area (Å²) in [7, 11) is 0. The standard InChI is InChI=1S/C17H20O5/c1-3-20-15(18)10-13-9-8-12-6-5-7-14(17(12)13)22-11-16(19)21-4-2/h5-7,9H,3-4,8,10-11H2,1-2H3. The first-order chi connectivity index (χ1) is 10.7. The van der Waals surface area contributed by atoms with Crippen LogP contribution in [0.5, 0.6) is 5.75 Å². The van der Waals surface area contributed by atoms with Crippen molar-refractivity contribution in [2.75, 3.05) is 19.8 Å². The van der Waals surface area contributed by atoms with Crippen LogP contribution in [-0.4, -0.2) is 31.8 Å². The van der Waals surface area contributed by atoms with Crippen LogP contribution in [0.25, 0.3) is 5.57 Å². The summed E-state index contributed by atoms with van der Waals surface area (Å²) in [5, 5.41) is 0. The number of carbonyl (C=O) groups is 2. The van der Waals surface area contributed by atoms with Gasteiger partial charge in [-0.05, 0) is 37.5 Å². The predicted molar refractivity (Wildman–Crippen MR) is 81.5 cm³/mol. The van der Waals surface area contributed by atoms with Crippen LogP contribution in [0.2, 0.25) is 0 Å². The van der Waals surface area contributed by atoms with Crippen molar-refractivity contribution in [2.24, 2.45) is 0 Å². The first kappa shape index (κ1) is 16.1. The van der Waals surface area contributed by atoms with E-state index in [1.54, 1.807) is 19.9 Å². The molecule has 0 aromatic heterocycles. The lowest BCUT2D eigenvalue weighted by Gasteiger charge is -2.13. The third kappa shape index (κ3) is 3.87. The van der Waals surface area contributed by atoms with E-state index in [9.17, 15) is 9.59 Å². The largest absolute Gasteiger partial charge is 0.481 e. The SMILES string of the molecule is CCOC(=O)COc1cccc2c1C(CC(=O)OCC)=CC2. The summed E-state index contributed by atoms with van der Waals surface area (Å²) in [5.41, 5.74) is 2.86. The molecule has 0 heterocycles. The molecule has 0 N–H and O–H groups in total. The Bertz CT molecular complexity index is 589. The molecular formula is C17H20O5. The number of benzene rings is 1. The summed E-state index contributed by atoms with van der Waals surface area (Å²) in [6.07, 6.45) is 2.96. The predicted octanol–water partition coefficient (Wildman–Crippen LogP) is 2.52. The minimum Gasteiger partial charge on any atom is -0.481 e. The molecule has 0 atom stereocenters. The molecule has 0 aliphatic heterocycles. The zero-order valence-electron chi connectivity index (χ0n) is 12.9. The van der Waals surface area contributed by atoms with E-state index >= 15 is 0 Å². The lowest BCUT2D eigenvalue weighted by molar-refractivity contribution is -0.145. The zero-order valence-corrected chi connectivity index (χ0v) is 12.9. The molecule has 0 radical (unpaired) electrons.